The van der Waals surface area contributed by atoms with E-state index in [0.717, 1.165) is 44.2 Å². The molecular weight excluding hydrogens is 393 g/mol. The fraction of sp³-hybridized carbons (Fsp3) is 0.562. The molecule has 2 N–H and O–H groups in total. The van der Waals surface area contributed by atoms with Gasteiger partial charge in [0.2, 0.25) is 0 Å². The number of nitrogens with zero attached hydrogens (tertiary/aromatic N) is 1. The Kier molecular flexibility index (Phi) is 13.0. The Bertz CT molecular complexity index is 428. The molecule has 6 heteroatoms. The Labute approximate surface area is 150 Å². The summed E-state index contributed by atoms with van der Waals surface area (Å²) in [6, 6.07) is 8.18. The van der Waals surface area contributed by atoms with Crippen LogP contribution < -0.4 is 15.4 Å². The summed E-state index contributed by atoms with van der Waals surface area (Å²) in [4.78, 5) is 4.55. The molecular formula is C16H28IN3O2. The van der Waals surface area contributed by atoms with Crippen molar-refractivity contribution in [2.24, 2.45) is 4.99 Å². The summed E-state index contributed by atoms with van der Waals surface area (Å²) in [7, 11) is 3.39. The molecule has 0 radical (unpaired) electrons. The molecule has 126 valence electrons. The Balaban J connectivity index is 0.00000441. The average molecular weight is 421 g/mol. The normalized spacial score (nSPS) is 10.8. The van der Waals surface area contributed by atoms with Crippen LogP contribution in [0.5, 0.6) is 5.75 Å². The van der Waals surface area contributed by atoms with Gasteiger partial charge in [0.25, 0.3) is 0 Å². The van der Waals surface area contributed by atoms with Gasteiger partial charge in [-0.1, -0.05) is 12.1 Å². The van der Waals surface area contributed by atoms with Gasteiger partial charge in [-0.25, -0.2) is 0 Å². The summed E-state index contributed by atoms with van der Waals surface area (Å²) in [5.41, 5.74) is 1.28. The molecule has 0 aliphatic heterocycles. The van der Waals surface area contributed by atoms with Crippen LogP contribution in [0.1, 0.15) is 18.9 Å². The maximum atomic E-state index is 5.23. The number of ether oxygens (including phenoxy) is 2. The first-order chi connectivity index (χ1) is 10.3. The van der Waals surface area contributed by atoms with Crippen LogP contribution in [0.3, 0.4) is 0 Å². The highest BCUT2D eigenvalue weighted by Crippen LogP contribution is 2.13. The molecule has 0 saturated carbocycles. The quantitative estimate of drug-likeness (QED) is 0.279. The van der Waals surface area contributed by atoms with E-state index in [1.165, 1.54) is 5.56 Å². The summed E-state index contributed by atoms with van der Waals surface area (Å²) in [5, 5.41) is 6.45. The van der Waals surface area contributed by atoms with Crippen molar-refractivity contribution in [1.82, 2.24) is 10.6 Å². The minimum absolute atomic E-state index is 0. The number of benzene rings is 1. The van der Waals surface area contributed by atoms with Crippen LogP contribution in [0.15, 0.2) is 29.3 Å². The summed E-state index contributed by atoms with van der Waals surface area (Å²) in [6.45, 7) is 5.14. The van der Waals surface area contributed by atoms with Crippen molar-refractivity contribution < 1.29 is 9.47 Å². The Hall–Kier alpha value is -1.02. The molecule has 0 atom stereocenters. The van der Waals surface area contributed by atoms with Gasteiger partial charge in [-0.05, 0) is 37.5 Å². The van der Waals surface area contributed by atoms with E-state index in [-0.39, 0.29) is 24.0 Å². The van der Waals surface area contributed by atoms with Crippen molar-refractivity contribution in [3.8, 4) is 5.75 Å². The summed E-state index contributed by atoms with van der Waals surface area (Å²) in [6.07, 6.45) is 2.01. The van der Waals surface area contributed by atoms with E-state index >= 15 is 0 Å². The van der Waals surface area contributed by atoms with E-state index in [9.17, 15) is 0 Å². The number of rotatable bonds is 9. The number of methoxy groups -OCH3 is 2. The van der Waals surface area contributed by atoms with Gasteiger partial charge in [-0.3, -0.25) is 4.99 Å². The summed E-state index contributed by atoms with van der Waals surface area (Å²) >= 11 is 0. The lowest BCUT2D eigenvalue weighted by Gasteiger charge is -2.10. The highest BCUT2D eigenvalue weighted by molar-refractivity contribution is 14.0. The van der Waals surface area contributed by atoms with Crippen molar-refractivity contribution in [1.29, 1.82) is 0 Å². The van der Waals surface area contributed by atoms with Crippen LogP contribution in [0.2, 0.25) is 0 Å². The first-order valence-corrected chi connectivity index (χ1v) is 7.44. The molecule has 0 heterocycles. The number of halogens is 1. The Morgan fingerprint density at radius 1 is 1.23 bits per heavy atom. The predicted octanol–water partition coefficient (Wildman–Crippen LogP) is 2.45. The van der Waals surface area contributed by atoms with Gasteiger partial charge in [-0.15, -0.1) is 24.0 Å². The maximum absolute atomic E-state index is 5.23. The third kappa shape index (κ3) is 9.09. The van der Waals surface area contributed by atoms with Crippen molar-refractivity contribution in [3.05, 3.63) is 29.8 Å². The zero-order valence-electron chi connectivity index (χ0n) is 13.7. The molecule has 0 saturated heterocycles. The molecule has 5 nitrogen and oxygen atoms in total. The molecule has 0 bridgehead atoms. The lowest BCUT2D eigenvalue weighted by Crippen LogP contribution is -2.39. The topological polar surface area (TPSA) is 54.9 Å². The van der Waals surface area contributed by atoms with Crippen LogP contribution in [0, 0.1) is 0 Å². The molecule has 22 heavy (non-hydrogen) atoms. The third-order valence-electron chi connectivity index (χ3n) is 2.97. The van der Waals surface area contributed by atoms with Gasteiger partial charge in [-0.2, -0.15) is 0 Å². The number of guanidine groups is 1. The predicted molar refractivity (Wildman–Crippen MR) is 103 cm³/mol. The molecule has 0 fully saturated rings. The first-order valence-electron chi connectivity index (χ1n) is 7.44. The van der Waals surface area contributed by atoms with Gasteiger partial charge >= 0.3 is 0 Å². The van der Waals surface area contributed by atoms with Gasteiger partial charge in [0.05, 0.1) is 13.7 Å². The molecule has 0 aliphatic carbocycles. The molecule has 0 spiro atoms. The lowest BCUT2D eigenvalue weighted by molar-refractivity contribution is 0.203. The largest absolute Gasteiger partial charge is 0.497 e. The molecule has 0 aromatic heterocycles. The molecule has 0 aliphatic rings. The maximum Gasteiger partial charge on any atom is 0.191 e. The number of aryl methyl sites for hydroxylation is 1. The minimum Gasteiger partial charge on any atom is -0.497 e. The average Bonchev–Trinajstić information content (AvgIpc) is 2.52. The molecule has 0 amide bonds. The Morgan fingerprint density at radius 2 is 2.05 bits per heavy atom. The molecule has 1 aromatic carbocycles. The second-order valence-electron chi connectivity index (χ2n) is 4.64. The van der Waals surface area contributed by atoms with Crippen LogP contribution >= 0.6 is 24.0 Å². The third-order valence-corrected chi connectivity index (χ3v) is 2.97. The van der Waals surface area contributed by atoms with Crippen molar-refractivity contribution in [2.75, 3.05) is 40.5 Å². The van der Waals surface area contributed by atoms with E-state index in [1.807, 2.05) is 12.1 Å². The van der Waals surface area contributed by atoms with E-state index in [0.29, 0.717) is 6.61 Å². The second-order valence-corrected chi connectivity index (χ2v) is 4.64. The van der Waals surface area contributed by atoms with Crippen LogP contribution in [0.25, 0.3) is 0 Å². The number of aliphatic imine (C=N–C) groups is 1. The highest BCUT2D eigenvalue weighted by atomic mass is 127. The zero-order chi connectivity index (χ0) is 15.3. The van der Waals surface area contributed by atoms with Gasteiger partial charge in [0, 0.05) is 26.7 Å². The minimum atomic E-state index is 0. The fourth-order valence-electron chi connectivity index (χ4n) is 1.92. The standard InChI is InChI=1S/C16H27N3O2.HI/c1-4-17-16(19-11-12-20-2)18-10-6-8-14-7-5-9-15(13-14)21-3;/h5,7,9,13H,4,6,8,10-12H2,1-3H3,(H2,17,18,19);1H. The molecule has 1 aromatic rings. The smallest absolute Gasteiger partial charge is 0.191 e. The van der Waals surface area contributed by atoms with Gasteiger partial charge < -0.3 is 20.1 Å². The monoisotopic (exact) mass is 421 g/mol. The summed E-state index contributed by atoms with van der Waals surface area (Å²) in [5.74, 6) is 1.76. The van der Waals surface area contributed by atoms with Crippen LogP contribution in [-0.2, 0) is 11.2 Å². The van der Waals surface area contributed by atoms with Crippen molar-refractivity contribution in [2.45, 2.75) is 19.8 Å². The van der Waals surface area contributed by atoms with E-state index in [1.54, 1.807) is 14.2 Å². The van der Waals surface area contributed by atoms with E-state index < -0.39 is 0 Å². The van der Waals surface area contributed by atoms with Crippen molar-refractivity contribution in [3.63, 3.8) is 0 Å². The zero-order valence-corrected chi connectivity index (χ0v) is 16.1. The van der Waals surface area contributed by atoms with Gasteiger partial charge in [0.1, 0.15) is 5.75 Å². The van der Waals surface area contributed by atoms with Crippen molar-refractivity contribution >= 4 is 29.9 Å². The highest BCUT2D eigenvalue weighted by Gasteiger charge is 1.98. The van der Waals surface area contributed by atoms with Gasteiger partial charge in [0.15, 0.2) is 5.96 Å². The molecule has 0 unspecified atom stereocenters. The first kappa shape index (κ1) is 21.0. The second kappa shape index (κ2) is 13.6. The summed E-state index contributed by atoms with van der Waals surface area (Å²) < 4.78 is 10.2. The van der Waals surface area contributed by atoms with E-state index in [2.05, 4.69) is 34.7 Å². The number of hydrogen-bond donors (Lipinski definition) is 2. The van der Waals surface area contributed by atoms with E-state index in [4.69, 9.17) is 9.47 Å². The lowest BCUT2D eigenvalue weighted by atomic mass is 10.1. The van der Waals surface area contributed by atoms with Crippen LogP contribution in [0.4, 0.5) is 0 Å². The Morgan fingerprint density at radius 3 is 2.73 bits per heavy atom. The number of hydrogen-bond acceptors (Lipinski definition) is 3. The fourth-order valence-corrected chi connectivity index (χ4v) is 1.92. The number of nitrogens with one attached hydrogen (secondary N) is 2. The van der Waals surface area contributed by atoms with Crippen LogP contribution in [-0.4, -0.2) is 46.4 Å². The SMILES string of the molecule is CCNC(=NCCCc1cccc(OC)c1)NCCOC.I. The molecule has 1 rings (SSSR count).